The number of hydrogen-bond acceptors (Lipinski definition) is 3. The van der Waals surface area contributed by atoms with Gasteiger partial charge in [0.2, 0.25) is 0 Å². The Morgan fingerprint density at radius 2 is 2.26 bits per heavy atom. The van der Waals surface area contributed by atoms with Crippen LogP contribution in [0.3, 0.4) is 0 Å². The second kappa shape index (κ2) is 5.56. The van der Waals surface area contributed by atoms with E-state index in [1.807, 2.05) is 0 Å². The van der Waals surface area contributed by atoms with E-state index in [1.165, 1.54) is 0 Å². The fraction of sp³-hybridized carbons (Fsp3) is 0.500. The zero-order valence-electron chi connectivity index (χ0n) is 10.0. The van der Waals surface area contributed by atoms with E-state index in [1.54, 1.807) is 0 Å². The molecule has 0 aromatic carbocycles. The lowest BCUT2D eigenvalue weighted by Crippen LogP contribution is -2.31. The fourth-order valence-electron chi connectivity index (χ4n) is 1.81. The maximum absolute atomic E-state index is 12.3. The van der Waals surface area contributed by atoms with Crippen molar-refractivity contribution in [2.45, 2.75) is 25.1 Å². The zero-order chi connectivity index (χ0) is 13.9. The monoisotopic (exact) mass is 274 g/mol. The molecule has 1 aromatic heterocycles. The highest BCUT2D eigenvalue weighted by atomic mass is 19.4. The van der Waals surface area contributed by atoms with E-state index in [-0.39, 0.29) is 11.7 Å². The molecule has 4 nitrogen and oxygen atoms in total. The largest absolute Gasteiger partial charge is 0.433 e. The molecule has 1 aromatic rings. The first-order valence-corrected chi connectivity index (χ1v) is 5.90. The Morgan fingerprint density at radius 3 is 2.79 bits per heavy atom. The first-order valence-electron chi connectivity index (χ1n) is 5.90. The van der Waals surface area contributed by atoms with E-state index in [2.05, 4.69) is 10.3 Å². The summed E-state index contributed by atoms with van der Waals surface area (Å²) in [6.45, 7) is 1.04. The van der Waals surface area contributed by atoms with Crippen LogP contribution in [0.4, 0.5) is 13.2 Å². The molecule has 1 aliphatic heterocycles. The Hall–Kier alpha value is -1.63. The summed E-state index contributed by atoms with van der Waals surface area (Å²) in [5.74, 6) is -0.447. The van der Waals surface area contributed by atoms with Gasteiger partial charge in [0.25, 0.3) is 5.91 Å². The number of amides is 1. The van der Waals surface area contributed by atoms with Gasteiger partial charge < -0.3 is 10.1 Å². The molecule has 0 aliphatic carbocycles. The average Bonchev–Trinajstić information content (AvgIpc) is 2.88. The number of aromatic nitrogens is 1. The van der Waals surface area contributed by atoms with E-state index in [0.717, 1.165) is 31.2 Å². The van der Waals surface area contributed by atoms with Crippen LogP contribution in [0.5, 0.6) is 0 Å². The molecule has 0 saturated carbocycles. The average molecular weight is 274 g/mol. The molecular formula is C12H13F3N2O2. The van der Waals surface area contributed by atoms with E-state index >= 15 is 0 Å². The molecule has 1 amide bonds. The van der Waals surface area contributed by atoms with E-state index < -0.39 is 17.8 Å². The number of halogens is 3. The molecule has 7 heteroatoms. The topological polar surface area (TPSA) is 51.2 Å². The molecule has 0 unspecified atom stereocenters. The maximum Gasteiger partial charge on any atom is 0.433 e. The van der Waals surface area contributed by atoms with Crippen LogP contribution in [0.1, 0.15) is 28.9 Å². The molecule has 0 spiro atoms. The van der Waals surface area contributed by atoms with Gasteiger partial charge in [0.1, 0.15) is 5.69 Å². The Labute approximate surface area is 108 Å². The fourth-order valence-corrected chi connectivity index (χ4v) is 1.81. The number of alkyl halides is 3. The third-order valence-corrected chi connectivity index (χ3v) is 2.83. The van der Waals surface area contributed by atoms with Crippen LogP contribution < -0.4 is 5.32 Å². The maximum atomic E-state index is 12.3. The lowest BCUT2D eigenvalue weighted by atomic mass is 10.2. The van der Waals surface area contributed by atoms with E-state index in [4.69, 9.17) is 4.74 Å². The third-order valence-electron chi connectivity index (χ3n) is 2.83. The summed E-state index contributed by atoms with van der Waals surface area (Å²) in [5, 5.41) is 2.61. The van der Waals surface area contributed by atoms with Crippen LogP contribution in [-0.2, 0) is 10.9 Å². The van der Waals surface area contributed by atoms with Crippen LogP contribution >= 0.6 is 0 Å². The molecule has 1 aliphatic rings. The molecule has 0 bridgehead atoms. The van der Waals surface area contributed by atoms with Crippen molar-refractivity contribution >= 4 is 5.91 Å². The van der Waals surface area contributed by atoms with Crippen molar-refractivity contribution in [3.8, 4) is 0 Å². The van der Waals surface area contributed by atoms with Crippen molar-refractivity contribution in [3.63, 3.8) is 0 Å². The third kappa shape index (κ3) is 3.66. The number of nitrogens with zero attached hydrogens (tertiary/aromatic N) is 1. The summed E-state index contributed by atoms with van der Waals surface area (Å²) in [5.41, 5.74) is -0.908. The van der Waals surface area contributed by atoms with Gasteiger partial charge in [-0.15, -0.1) is 0 Å². The van der Waals surface area contributed by atoms with Gasteiger partial charge in [-0.3, -0.25) is 9.78 Å². The lowest BCUT2D eigenvalue weighted by molar-refractivity contribution is -0.141. The first-order chi connectivity index (χ1) is 8.97. The predicted octanol–water partition coefficient (Wildman–Crippen LogP) is 2.01. The Bertz CT molecular complexity index is 439. The number of ether oxygens (including phenoxy) is 1. The number of carbonyl (C=O) groups excluding carboxylic acids is 1. The Balaban J connectivity index is 1.92. The summed E-state index contributed by atoms with van der Waals surface area (Å²) in [4.78, 5) is 14.9. The predicted molar refractivity (Wildman–Crippen MR) is 60.5 cm³/mol. The van der Waals surface area contributed by atoms with E-state index in [9.17, 15) is 18.0 Å². The van der Waals surface area contributed by atoms with Gasteiger partial charge in [-0.05, 0) is 25.0 Å². The molecule has 0 radical (unpaired) electrons. The van der Waals surface area contributed by atoms with Gasteiger partial charge in [0.15, 0.2) is 0 Å². The molecule has 104 valence electrons. The van der Waals surface area contributed by atoms with Gasteiger partial charge in [0.05, 0.1) is 11.7 Å². The van der Waals surface area contributed by atoms with Crippen molar-refractivity contribution in [3.05, 3.63) is 29.6 Å². The van der Waals surface area contributed by atoms with Crippen molar-refractivity contribution in [1.82, 2.24) is 10.3 Å². The standard InChI is InChI=1S/C12H13F3N2O2/c13-12(14,15)10-4-3-8(6-16-10)11(18)17-7-9-2-1-5-19-9/h3-4,6,9H,1-2,5,7H2,(H,17,18)/t9-/m0/s1. The first kappa shape index (κ1) is 13.8. The molecule has 1 saturated heterocycles. The van der Waals surface area contributed by atoms with Gasteiger partial charge in [-0.1, -0.05) is 0 Å². The molecule has 2 heterocycles. The summed E-state index contributed by atoms with van der Waals surface area (Å²) in [7, 11) is 0. The molecule has 1 N–H and O–H groups in total. The number of carbonyl (C=O) groups is 1. The van der Waals surface area contributed by atoms with Crippen LogP contribution in [0.2, 0.25) is 0 Å². The van der Waals surface area contributed by atoms with Gasteiger partial charge in [-0.2, -0.15) is 13.2 Å². The summed E-state index contributed by atoms with van der Waals surface area (Å²) in [6.07, 6.45) is -1.74. The minimum atomic E-state index is -4.49. The quantitative estimate of drug-likeness (QED) is 0.917. The zero-order valence-corrected chi connectivity index (χ0v) is 10.0. The van der Waals surface area contributed by atoms with Crippen molar-refractivity contribution in [2.24, 2.45) is 0 Å². The number of nitrogens with one attached hydrogen (secondary N) is 1. The van der Waals surface area contributed by atoms with Gasteiger partial charge in [0, 0.05) is 19.3 Å². The molecule has 19 heavy (non-hydrogen) atoms. The summed E-state index contributed by atoms with van der Waals surface area (Å²) < 4.78 is 42.2. The normalized spacial score (nSPS) is 19.4. The minimum Gasteiger partial charge on any atom is -0.376 e. The number of rotatable bonds is 3. The molecule has 1 atom stereocenters. The summed E-state index contributed by atoms with van der Waals surface area (Å²) >= 11 is 0. The highest BCUT2D eigenvalue weighted by Gasteiger charge is 2.32. The SMILES string of the molecule is O=C(NC[C@@H]1CCCO1)c1ccc(C(F)(F)F)nc1. The Kier molecular flexibility index (Phi) is 4.04. The van der Waals surface area contributed by atoms with Crippen molar-refractivity contribution in [1.29, 1.82) is 0 Å². The van der Waals surface area contributed by atoms with Crippen LogP contribution in [0.25, 0.3) is 0 Å². The smallest absolute Gasteiger partial charge is 0.376 e. The highest BCUT2D eigenvalue weighted by molar-refractivity contribution is 5.93. The second-order valence-electron chi connectivity index (χ2n) is 4.27. The van der Waals surface area contributed by atoms with Crippen molar-refractivity contribution in [2.75, 3.05) is 13.2 Å². The molecular weight excluding hydrogens is 261 g/mol. The highest BCUT2D eigenvalue weighted by Crippen LogP contribution is 2.27. The van der Waals surface area contributed by atoms with Crippen LogP contribution in [-0.4, -0.2) is 30.1 Å². The van der Waals surface area contributed by atoms with E-state index in [0.29, 0.717) is 13.2 Å². The Morgan fingerprint density at radius 1 is 1.47 bits per heavy atom. The second-order valence-corrected chi connectivity index (χ2v) is 4.27. The van der Waals surface area contributed by atoms with Crippen LogP contribution in [0, 0.1) is 0 Å². The molecule has 1 fully saturated rings. The van der Waals surface area contributed by atoms with Crippen molar-refractivity contribution < 1.29 is 22.7 Å². The molecule has 2 rings (SSSR count). The van der Waals surface area contributed by atoms with Crippen LogP contribution in [0.15, 0.2) is 18.3 Å². The van der Waals surface area contributed by atoms with Gasteiger partial charge in [-0.25, -0.2) is 0 Å². The number of hydrogen-bond donors (Lipinski definition) is 1. The number of pyridine rings is 1. The lowest BCUT2D eigenvalue weighted by Gasteiger charge is -2.11. The van der Waals surface area contributed by atoms with Gasteiger partial charge >= 0.3 is 6.18 Å². The minimum absolute atomic E-state index is 0.00800. The summed E-state index contributed by atoms with van der Waals surface area (Å²) in [6, 6.07) is 1.90.